The summed E-state index contributed by atoms with van der Waals surface area (Å²) in [5, 5.41) is 1.77. The molecule has 1 atom stereocenters. The second-order valence-corrected chi connectivity index (χ2v) is 7.24. The maximum absolute atomic E-state index is 12.6. The van der Waals surface area contributed by atoms with E-state index >= 15 is 0 Å². The molecular weight excluding hydrogens is 316 g/mol. The summed E-state index contributed by atoms with van der Waals surface area (Å²) < 4.78 is 27.6. The summed E-state index contributed by atoms with van der Waals surface area (Å²) >= 11 is 0. The molecule has 0 saturated heterocycles. The lowest BCUT2D eigenvalue weighted by Crippen LogP contribution is -2.49. The maximum atomic E-state index is 12.6. The topological polar surface area (TPSA) is 84.5 Å². The highest BCUT2D eigenvalue weighted by molar-refractivity contribution is 7.89. The Bertz CT molecular complexity index is 803. The molecule has 2 rings (SSSR count). The number of rotatable bonds is 6. The smallest absolute Gasteiger partial charge is 0.261 e. The van der Waals surface area contributed by atoms with E-state index in [2.05, 4.69) is 15.0 Å². The van der Waals surface area contributed by atoms with Crippen molar-refractivity contribution >= 4 is 26.7 Å². The molecule has 1 amide bonds. The normalized spacial score (nSPS) is 13.2. The molecule has 2 aromatic rings. The molecule has 1 unspecified atom stereocenters. The van der Waals surface area contributed by atoms with Crippen molar-refractivity contribution in [3.8, 4) is 0 Å². The first kappa shape index (κ1) is 17.4. The van der Waals surface area contributed by atoms with Crippen LogP contribution in [0.4, 0.5) is 0 Å². The number of hydrogen-bond donors (Lipinski definition) is 2. The van der Waals surface area contributed by atoms with Gasteiger partial charge in [-0.05, 0) is 28.8 Å². The molecule has 7 heteroatoms. The van der Waals surface area contributed by atoms with E-state index in [0.29, 0.717) is 0 Å². The summed E-state index contributed by atoms with van der Waals surface area (Å²) in [5.74, 6) is -0.771. The second-order valence-electron chi connectivity index (χ2n) is 5.52. The summed E-state index contributed by atoms with van der Waals surface area (Å²) in [4.78, 5) is 16.6. The zero-order valence-corrected chi connectivity index (χ0v) is 14.1. The Balaban J connectivity index is 2.33. The first-order valence-corrected chi connectivity index (χ1v) is 8.67. The quantitative estimate of drug-likeness (QED) is 0.788. The van der Waals surface area contributed by atoms with Gasteiger partial charge in [0.15, 0.2) is 0 Å². The fraction of sp³-hybridized carbons (Fsp3) is 0.312. The molecule has 6 nitrogen and oxygen atoms in total. The molecule has 0 spiro atoms. The van der Waals surface area contributed by atoms with Gasteiger partial charge in [-0.1, -0.05) is 44.2 Å². The van der Waals surface area contributed by atoms with Crippen LogP contribution in [0.15, 0.2) is 47.4 Å². The highest BCUT2D eigenvalue weighted by atomic mass is 32.2. The average molecular weight is 336 g/mol. The molecule has 2 aromatic carbocycles. The minimum absolute atomic E-state index is 0.118. The maximum Gasteiger partial charge on any atom is 0.261 e. The van der Waals surface area contributed by atoms with Crippen LogP contribution in [0.25, 0.3) is 10.8 Å². The molecule has 0 radical (unpaired) electrons. The van der Waals surface area contributed by atoms with Crippen LogP contribution < -0.4 is 10.2 Å². The SMILES string of the molecule is CONC(=O)C(NS(=O)(=O)c1ccc2ccccc2c1)C(C)C. The van der Waals surface area contributed by atoms with Crippen LogP contribution in [0.1, 0.15) is 13.8 Å². The molecule has 0 aliphatic rings. The average Bonchev–Trinajstić information content (AvgIpc) is 2.52. The molecular formula is C16H20N2O4S. The molecule has 124 valence electrons. The Labute approximate surface area is 135 Å². The van der Waals surface area contributed by atoms with Crippen LogP contribution in [0, 0.1) is 5.92 Å². The number of carbonyl (C=O) groups excluding carboxylic acids is 1. The third-order valence-corrected chi connectivity index (χ3v) is 4.90. The van der Waals surface area contributed by atoms with Gasteiger partial charge in [-0.15, -0.1) is 0 Å². The molecule has 0 aliphatic carbocycles. The van der Waals surface area contributed by atoms with Crippen LogP contribution in [-0.2, 0) is 19.7 Å². The number of carbonyl (C=O) groups is 1. The van der Waals surface area contributed by atoms with Gasteiger partial charge in [0.2, 0.25) is 10.0 Å². The van der Waals surface area contributed by atoms with E-state index in [4.69, 9.17) is 0 Å². The van der Waals surface area contributed by atoms with Crippen molar-refractivity contribution in [1.82, 2.24) is 10.2 Å². The molecule has 0 fully saturated rings. The summed E-state index contributed by atoms with van der Waals surface area (Å²) in [7, 11) is -2.53. The third kappa shape index (κ3) is 4.07. The first-order valence-electron chi connectivity index (χ1n) is 7.19. The zero-order chi connectivity index (χ0) is 17.0. The number of amides is 1. The van der Waals surface area contributed by atoms with Gasteiger partial charge in [0.25, 0.3) is 5.91 Å². The number of hydroxylamine groups is 1. The van der Waals surface area contributed by atoms with Crippen LogP contribution >= 0.6 is 0 Å². The van der Waals surface area contributed by atoms with Gasteiger partial charge in [-0.3, -0.25) is 9.63 Å². The monoisotopic (exact) mass is 336 g/mol. The number of fused-ring (bicyclic) bond motifs is 1. The number of nitrogens with one attached hydrogen (secondary N) is 2. The fourth-order valence-electron chi connectivity index (χ4n) is 2.23. The van der Waals surface area contributed by atoms with Crippen LogP contribution in [0.2, 0.25) is 0 Å². The van der Waals surface area contributed by atoms with Crippen molar-refractivity contribution in [2.24, 2.45) is 5.92 Å². The third-order valence-electron chi connectivity index (χ3n) is 3.47. The lowest BCUT2D eigenvalue weighted by Gasteiger charge is -2.21. The van der Waals surface area contributed by atoms with Crippen molar-refractivity contribution in [3.63, 3.8) is 0 Å². The predicted molar refractivity (Wildman–Crippen MR) is 88.0 cm³/mol. The Hall–Kier alpha value is -1.96. The molecule has 0 heterocycles. The Morgan fingerprint density at radius 1 is 1.09 bits per heavy atom. The predicted octanol–water partition coefficient (Wildman–Crippen LogP) is 1.82. The first-order chi connectivity index (χ1) is 10.8. The van der Waals surface area contributed by atoms with E-state index in [0.717, 1.165) is 10.8 Å². The van der Waals surface area contributed by atoms with E-state index in [-0.39, 0.29) is 10.8 Å². The molecule has 0 saturated carbocycles. The Morgan fingerprint density at radius 3 is 2.35 bits per heavy atom. The Morgan fingerprint density at radius 2 is 1.74 bits per heavy atom. The van der Waals surface area contributed by atoms with Crippen LogP contribution in [0.3, 0.4) is 0 Å². The van der Waals surface area contributed by atoms with E-state index in [1.54, 1.807) is 26.0 Å². The second kappa shape index (κ2) is 7.08. The van der Waals surface area contributed by atoms with Crippen LogP contribution in [-0.4, -0.2) is 27.5 Å². The van der Waals surface area contributed by atoms with E-state index < -0.39 is 22.0 Å². The molecule has 0 bridgehead atoms. The summed E-state index contributed by atoms with van der Waals surface area (Å²) in [6.45, 7) is 3.51. The summed E-state index contributed by atoms with van der Waals surface area (Å²) in [5.41, 5.74) is 2.16. The number of hydrogen-bond acceptors (Lipinski definition) is 4. The van der Waals surface area contributed by atoms with Gasteiger partial charge in [0.1, 0.15) is 6.04 Å². The van der Waals surface area contributed by atoms with Gasteiger partial charge < -0.3 is 0 Å². The molecule has 0 aliphatic heterocycles. The minimum Gasteiger partial charge on any atom is -0.277 e. The zero-order valence-electron chi connectivity index (χ0n) is 13.2. The van der Waals surface area contributed by atoms with Gasteiger partial charge in [-0.2, -0.15) is 4.72 Å². The van der Waals surface area contributed by atoms with Crippen LogP contribution in [0.5, 0.6) is 0 Å². The number of sulfonamides is 1. The van der Waals surface area contributed by atoms with Crippen molar-refractivity contribution < 1.29 is 18.0 Å². The summed E-state index contributed by atoms with van der Waals surface area (Å²) in [6.07, 6.45) is 0. The summed E-state index contributed by atoms with van der Waals surface area (Å²) in [6, 6.07) is 11.4. The van der Waals surface area contributed by atoms with Gasteiger partial charge in [0.05, 0.1) is 12.0 Å². The lowest BCUT2D eigenvalue weighted by molar-refractivity contribution is -0.134. The minimum atomic E-state index is -3.83. The van der Waals surface area contributed by atoms with E-state index in [1.165, 1.54) is 13.2 Å². The van der Waals surface area contributed by atoms with E-state index in [9.17, 15) is 13.2 Å². The van der Waals surface area contributed by atoms with E-state index in [1.807, 2.05) is 24.3 Å². The molecule has 2 N–H and O–H groups in total. The van der Waals surface area contributed by atoms with Crippen molar-refractivity contribution in [1.29, 1.82) is 0 Å². The fourth-order valence-corrected chi connectivity index (χ4v) is 3.61. The van der Waals surface area contributed by atoms with Crippen molar-refractivity contribution in [2.45, 2.75) is 24.8 Å². The van der Waals surface area contributed by atoms with Gasteiger partial charge in [0, 0.05) is 0 Å². The highest BCUT2D eigenvalue weighted by Gasteiger charge is 2.28. The van der Waals surface area contributed by atoms with Crippen molar-refractivity contribution in [3.05, 3.63) is 42.5 Å². The number of benzene rings is 2. The largest absolute Gasteiger partial charge is 0.277 e. The van der Waals surface area contributed by atoms with Gasteiger partial charge in [-0.25, -0.2) is 13.9 Å². The Kier molecular flexibility index (Phi) is 5.35. The standard InChI is InChI=1S/C16H20N2O4S/c1-11(2)15(16(19)17-22-3)18-23(20,21)14-9-8-12-6-4-5-7-13(12)10-14/h4-11,15,18H,1-3H3,(H,17,19). The molecule has 23 heavy (non-hydrogen) atoms. The molecule has 0 aromatic heterocycles. The van der Waals surface area contributed by atoms with Crippen molar-refractivity contribution in [2.75, 3.05) is 7.11 Å². The lowest BCUT2D eigenvalue weighted by atomic mass is 10.1. The van der Waals surface area contributed by atoms with Gasteiger partial charge >= 0.3 is 0 Å². The highest BCUT2D eigenvalue weighted by Crippen LogP contribution is 2.19.